The van der Waals surface area contributed by atoms with Gasteiger partial charge in [-0.1, -0.05) is 6.07 Å². The zero-order valence-electron chi connectivity index (χ0n) is 15.2. The zero-order valence-corrected chi connectivity index (χ0v) is 15.2. The molecule has 6 nitrogen and oxygen atoms in total. The quantitative estimate of drug-likeness (QED) is 0.812. The molecule has 0 aliphatic carbocycles. The van der Waals surface area contributed by atoms with Crippen LogP contribution in [0, 0.1) is 5.82 Å². The third kappa shape index (κ3) is 4.89. The minimum absolute atomic E-state index is 0.0472. The lowest BCUT2D eigenvalue weighted by Crippen LogP contribution is -2.42. The van der Waals surface area contributed by atoms with Crippen molar-refractivity contribution in [1.29, 1.82) is 0 Å². The van der Waals surface area contributed by atoms with Crippen LogP contribution in [0.5, 0.6) is 0 Å². The number of halogens is 1. The second-order valence-electron chi connectivity index (χ2n) is 6.61. The molecule has 1 aromatic heterocycles. The molecule has 2 N–H and O–H groups in total. The Morgan fingerprint density at radius 3 is 2.74 bits per heavy atom. The van der Waals surface area contributed by atoms with Gasteiger partial charge in [-0.25, -0.2) is 4.39 Å². The van der Waals surface area contributed by atoms with Crippen LogP contribution in [0.1, 0.15) is 29.3 Å². The summed E-state index contributed by atoms with van der Waals surface area (Å²) in [5.41, 5.74) is 1.33. The summed E-state index contributed by atoms with van der Waals surface area (Å²) >= 11 is 0. The highest BCUT2D eigenvalue weighted by atomic mass is 19.1. The van der Waals surface area contributed by atoms with Gasteiger partial charge < -0.3 is 10.6 Å². The maximum Gasteiger partial charge on any atom is 0.251 e. The first-order chi connectivity index (χ1) is 13.1. The largest absolute Gasteiger partial charge is 0.355 e. The zero-order chi connectivity index (χ0) is 19.2. The summed E-state index contributed by atoms with van der Waals surface area (Å²) in [6.07, 6.45) is 3.95. The average molecular weight is 370 g/mol. The van der Waals surface area contributed by atoms with Crippen LogP contribution in [0.3, 0.4) is 0 Å². The number of pyridine rings is 1. The monoisotopic (exact) mass is 370 g/mol. The molecule has 7 heteroatoms. The van der Waals surface area contributed by atoms with Crippen molar-refractivity contribution in [3.63, 3.8) is 0 Å². The van der Waals surface area contributed by atoms with Gasteiger partial charge in [-0.2, -0.15) is 0 Å². The Morgan fingerprint density at radius 2 is 2.04 bits per heavy atom. The highest BCUT2D eigenvalue weighted by molar-refractivity contribution is 5.94. The van der Waals surface area contributed by atoms with Crippen LogP contribution in [0.15, 0.2) is 48.8 Å². The van der Waals surface area contributed by atoms with Gasteiger partial charge in [-0.05, 0) is 49.2 Å². The molecule has 27 heavy (non-hydrogen) atoms. The van der Waals surface area contributed by atoms with E-state index in [0.717, 1.165) is 5.56 Å². The lowest BCUT2D eigenvalue weighted by molar-refractivity contribution is -0.125. The van der Waals surface area contributed by atoms with Gasteiger partial charge >= 0.3 is 0 Å². The van der Waals surface area contributed by atoms with Crippen molar-refractivity contribution in [2.75, 3.05) is 13.1 Å². The van der Waals surface area contributed by atoms with Crippen LogP contribution < -0.4 is 10.6 Å². The van der Waals surface area contributed by atoms with Crippen LogP contribution in [-0.2, 0) is 11.3 Å². The van der Waals surface area contributed by atoms with Crippen molar-refractivity contribution in [2.45, 2.75) is 32.0 Å². The molecule has 1 aliphatic rings. The molecule has 2 heterocycles. The lowest BCUT2D eigenvalue weighted by Gasteiger charge is -2.23. The Kier molecular flexibility index (Phi) is 6.13. The van der Waals surface area contributed by atoms with E-state index >= 15 is 0 Å². The molecule has 0 unspecified atom stereocenters. The van der Waals surface area contributed by atoms with Gasteiger partial charge in [0.2, 0.25) is 5.91 Å². The first-order valence-electron chi connectivity index (χ1n) is 9.04. The van der Waals surface area contributed by atoms with E-state index in [1.807, 2.05) is 19.1 Å². The summed E-state index contributed by atoms with van der Waals surface area (Å²) in [4.78, 5) is 30.9. The Labute approximate surface area is 157 Å². The number of hydrogen-bond acceptors (Lipinski definition) is 4. The van der Waals surface area contributed by atoms with E-state index in [0.29, 0.717) is 26.1 Å². The average Bonchev–Trinajstić information content (AvgIpc) is 3.05. The van der Waals surface area contributed by atoms with E-state index in [-0.39, 0.29) is 29.5 Å². The molecular weight excluding hydrogens is 347 g/mol. The van der Waals surface area contributed by atoms with Gasteiger partial charge in [0.15, 0.2) is 0 Å². The maximum atomic E-state index is 13.4. The van der Waals surface area contributed by atoms with Gasteiger partial charge in [-0.15, -0.1) is 0 Å². The van der Waals surface area contributed by atoms with Crippen molar-refractivity contribution in [3.8, 4) is 0 Å². The number of hydrogen-bond donors (Lipinski definition) is 2. The molecular formula is C20H23FN4O2. The van der Waals surface area contributed by atoms with Crippen molar-refractivity contribution < 1.29 is 14.0 Å². The van der Waals surface area contributed by atoms with Gasteiger partial charge in [0.25, 0.3) is 5.91 Å². The topological polar surface area (TPSA) is 74.3 Å². The second kappa shape index (κ2) is 8.73. The molecule has 1 saturated heterocycles. The van der Waals surface area contributed by atoms with Crippen molar-refractivity contribution >= 4 is 11.8 Å². The van der Waals surface area contributed by atoms with Crippen LogP contribution in [0.25, 0.3) is 0 Å². The van der Waals surface area contributed by atoms with Crippen LogP contribution in [-0.4, -0.2) is 46.9 Å². The SMILES string of the molecule is CCNC(=O)[C@@H]1C[C@@H](NC(=O)c2cccc(F)c2)CN1Cc1ccncc1. The molecule has 0 bridgehead atoms. The fraction of sp³-hybridized carbons (Fsp3) is 0.350. The summed E-state index contributed by atoms with van der Waals surface area (Å²) in [7, 11) is 0. The first kappa shape index (κ1) is 19.0. The predicted molar refractivity (Wildman–Crippen MR) is 99.4 cm³/mol. The highest BCUT2D eigenvalue weighted by Crippen LogP contribution is 2.21. The number of carbonyl (C=O) groups is 2. The maximum absolute atomic E-state index is 13.4. The fourth-order valence-electron chi connectivity index (χ4n) is 3.37. The van der Waals surface area contributed by atoms with E-state index < -0.39 is 5.82 Å². The molecule has 3 rings (SSSR count). The molecule has 142 valence electrons. The number of likely N-dealkylation sites (tertiary alicyclic amines) is 1. The number of nitrogens with zero attached hydrogens (tertiary/aromatic N) is 2. The standard InChI is InChI=1S/C20H23FN4O2/c1-2-23-20(27)18-11-17(13-25(18)12-14-6-8-22-9-7-14)24-19(26)15-4-3-5-16(21)10-15/h3-10,17-18H,2,11-13H2,1H3,(H,23,27)(H,24,26)/t17-,18+/m1/s1. The molecule has 0 spiro atoms. The number of aromatic nitrogens is 1. The third-order valence-electron chi connectivity index (χ3n) is 4.61. The summed E-state index contributed by atoms with van der Waals surface area (Å²) in [5.74, 6) is -0.831. The molecule has 1 fully saturated rings. The van der Waals surface area contributed by atoms with Gasteiger partial charge in [0.1, 0.15) is 5.82 Å². The Morgan fingerprint density at radius 1 is 1.26 bits per heavy atom. The molecule has 0 saturated carbocycles. The summed E-state index contributed by atoms with van der Waals surface area (Å²) in [6, 6.07) is 8.90. The van der Waals surface area contributed by atoms with Gasteiger partial charge in [0.05, 0.1) is 6.04 Å². The second-order valence-corrected chi connectivity index (χ2v) is 6.61. The van der Waals surface area contributed by atoms with Gasteiger partial charge in [0, 0.05) is 43.6 Å². The van der Waals surface area contributed by atoms with Crippen LogP contribution in [0.2, 0.25) is 0 Å². The summed E-state index contributed by atoms with van der Waals surface area (Å²) in [5, 5.41) is 5.79. The fourth-order valence-corrected chi connectivity index (χ4v) is 3.37. The van der Waals surface area contributed by atoms with Gasteiger partial charge in [-0.3, -0.25) is 19.5 Å². The Hall–Kier alpha value is -2.80. The van der Waals surface area contributed by atoms with Crippen LogP contribution in [0.4, 0.5) is 4.39 Å². The van der Waals surface area contributed by atoms with E-state index in [2.05, 4.69) is 20.5 Å². The predicted octanol–water partition coefficient (Wildman–Crippen LogP) is 1.73. The van der Waals surface area contributed by atoms with E-state index in [4.69, 9.17) is 0 Å². The number of amides is 2. The summed E-state index contributed by atoms with van der Waals surface area (Å²) < 4.78 is 13.4. The minimum Gasteiger partial charge on any atom is -0.355 e. The Bertz CT molecular complexity index is 800. The normalized spacial score (nSPS) is 19.6. The molecule has 2 atom stereocenters. The van der Waals surface area contributed by atoms with Crippen molar-refractivity contribution in [2.24, 2.45) is 0 Å². The van der Waals surface area contributed by atoms with E-state index in [1.54, 1.807) is 18.5 Å². The van der Waals surface area contributed by atoms with Crippen molar-refractivity contribution in [3.05, 3.63) is 65.7 Å². The number of likely N-dealkylation sites (N-methyl/N-ethyl adjacent to an activating group) is 1. The van der Waals surface area contributed by atoms with Crippen LogP contribution >= 0.6 is 0 Å². The number of nitrogens with one attached hydrogen (secondary N) is 2. The lowest BCUT2D eigenvalue weighted by atomic mass is 10.1. The molecule has 2 aromatic rings. The molecule has 2 amide bonds. The molecule has 0 radical (unpaired) electrons. The minimum atomic E-state index is -0.450. The van der Waals surface area contributed by atoms with Crippen molar-refractivity contribution in [1.82, 2.24) is 20.5 Å². The van der Waals surface area contributed by atoms with E-state index in [1.165, 1.54) is 18.2 Å². The molecule has 1 aromatic carbocycles. The van der Waals surface area contributed by atoms with E-state index in [9.17, 15) is 14.0 Å². The molecule has 1 aliphatic heterocycles. The Balaban J connectivity index is 1.70. The summed E-state index contributed by atoms with van der Waals surface area (Å²) in [6.45, 7) is 3.57. The smallest absolute Gasteiger partial charge is 0.251 e. The first-order valence-corrected chi connectivity index (χ1v) is 9.04. The third-order valence-corrected chi connectivity index (χ3v) is 4.61. The number of benzene rings is 1. The highest BCUT2D eigenvalue weighted by Gasteiger charge is 2.37. The number of carbonyl (C=O) groups excluding carboxylic acids is 2. The number of rotatable bonds is 6.